The van der Waals surface area contributed by atoms with E-state index in [1.54, 1.807) is 37.5 Å². The van der Waals surface area contributed by atoms with Gasteiger partial charge in [0.25, 0.3) is 0 Å². The minimum Gasteiger partial charge on any atom is -0.496 e. The van der Waals surface area contributed by atoms with E-state index in [4.69, 9.17) is 4.74 Å². The number of carbonyl (C=O) groups is 2. The average molecular weight is 431 g/mol. The molecule has 0 unspecified atom stereocenters. The van der Waals surface area contributed by atoms with E-state index in [1.807, 2.05) is 25.1 Å². The molecule has 0 saturated heterocycles. The van der Waals surface area contributed by atoms with E-state index in [2.05, 4.69) is 26.6 Å². The normalized spacial score (nSPS) is 10.6. The van der Waals surface area contributed by atoms with Gasteiger partial charge in [-0.05, 0) is 48.9 Å². The standard InChI is InChI=1S/C21H23BrN2O3/c1-3-4-8-20(25)23-17-6-5-7-18(14-17)24-21(26)12-9-15-13-16(22)10-11-19(15)27-2/h5-7,9-14H,3-4,8H2,1-2H3,(H,23,25)(H,24,26). The van der Waals surface area contributed by atoms with Gasteiger partial charge in [-0.15, -0.1) is 0 Å². The second-order valence-corrected chi connectivity index (χ2v) is 6.86. The molecule has 27 heavy (non-hydrogen) atoms. The molecule has 2 N–H and O–H groups in total. The van der Waals surface area contributed by atoms with Crippen molar-refractivity contribution in [2.45, 2.75) is 26.2 Å². The number of anilines is 2. The van der Waals surface area contributed by atoms with Crippen LogP contribution in [0.5, 0.6) is 5.75 Å². The molecule has 0 saturated carbocycles. The second kappa shape index (κ2) is 10.5. The number of hydrogen-bond acceptors (Lipinski definition) is 3. The summed E-state index contributed by atoms with van der Waals surface area (Å²) in [6, 6.07) is 12.6. The van der Waals surface area contributed by atoms with E-state index in [-0.39, 0.29) is 11.8 Å². The zero-order valence-electron chi connectivity index (χ0n) is 15.4. The SMILES string of the molecule is CCCCC(=O)Nc1cccc(NC(=O)C=Cc2cc(Br)ccc2OC)c1. The van der Waals surface area contributed by atoms with Crippen LogP contribution in [0.1, 0.15) is 31.7 Å². The molecule has 0 atom stereocenters. The maximum Gasteiger partial charge on any atom is 0.248 e. The first-order valence-electron chi connectivity index (χ1n) is 8.74. The lowest BCUT2D eigenvalue weighted by atomic mass is 10.2. The Labute approximate surface area is 167 Å². The Hall–Kier alpha value is -2.60. The van der Waals surface area contributed by atoms with E-state index < -0.39 is 0 Å². The van der Waals surface area contributed by atoms with Crippen LogP contribution in [0.4, 0.5) is 11.4 Å². The summed E-state index contributed by atoms with van der Waals surface area (Å²) in [6.07, 6.45) is 5.45. The van der Waals surface area contributed by atoms with Crippen LogP contribution in [0.2, 0.25) is 0 Å². The highest BCUT2D eigenvalue weighted by Crippen LogP contribution is 2.24. The van der Waals surface area contributed by atoms with E-state index in [0.717, 1.165) is 22.9 Å². The van der Waals surface area contributed by atoms with Crippen LogP contribution in [0.15, 0.2) is 53.0 Å². The van der Waals surface area contributed by atoms with Crippen molar-refractivity contribution in [3.63, 3.8) is 0 Å². The van der Waals surface area contributed by atoms with Crippen LogP contribution in [0.25, 0.3) is 6.08 Å². The van der Waals surface area contributed by atoms with Gasteiger partial charge >= 0.3 is 0 Å². The molecule has 0 aliphatic carbocycles. The number of methoxy groups -OCH3 is 1. The van der Waals surface area contributed by atoms with Crippen molar-refractivity contribution >= 4 is 45.2 Å². The maximum absolute atomic E-state index is 12.2. The van der Waals surface area contributed by atoms with Crippen molar-refractivity contribution in [3.8, 4) is 5.75 Å². The maximum atomic E-state index is 12.2. The van der Waals surface area contributed by atoms with E-state index in [9.17, 15) is 9.59 Å². The van der Waals surface area contributed by atoms with Crippen LogP contribution in [0.3, 0.4) is 0 Å². The van der Waals surface area contributed by atoms with Crippen molar-refractivity contribution in [2.75, 3.05) is 17.7 Å². The lowest BCUT2D eigenvalue weighted by molar-refractivity contribution is -0.116. The topological polar surface area (TPSA) is 67.4 Å². The molecule has 0 fully saturated rings. The lowest BCUT2D eigenvalue weighted by Crippen LogP contribution is -2.12. The van der Waals surface area contributed by atoms with Crippen LogP contribution < -0.4 is 15.4 Å². The summed E-state index contributed by atoms with van der Waals surface area (Å²) in [4.78, 5) is 24.0. The number of carbonyl (C=O) groups excluding carboxylic acids is 2. The summed E-state index contributed by atoms with van der Waals surface area (Å²) in [5.41, 5.74) is 2.06. The Morgan fingerprint density at radius 3 is 2.56 bits per heavy atom. The van der Waals surface area contributed by atoms with Crippen molar-refractivity contribution in [1.82, 2.24) is 0 Å². The van der Waals surface area contributed by atoms with Gasteiger partial charge in [0.1, 0.15) is 5.75 Å². The molecule has 0 heterocycles. The number of ether oxygens (including phenoxy) is 1. The number of amides is 2. The number of rotatable bonds is 8. The highest BCUT2D eigenvalue weighted by Gasteiger charge is 2.05. The Morgan fingerprint density at radius 2 is 1.85 bits per heavy atom. The fraction of sp³-hybridized carbons (Fsp3) is 0.238. The summed E-state index contributed by atoms with van der Waals surface area (Å²) >= 11 is 3.40. The highest BCUT2D eigenvalue weighted by molar-refractivity contribution is 9.10. The number of halogens is 1. The van der Waals surface area contributed by atoms with Gasteiger partial charge < -0.3 is 15.4 Å². The third-order valence-corrected chi connectivity index (χ3v) is 4.27. The lowest BCUT2D eigenvalue weighted by Gasteiger charge is -2.08. The van der Waals surface area contributed by atoms with Crippen LogP contribution >= 0.6 is 15.9 Å². The van der Waals surface area contributed by atoms with Gasteiger partial charge in [-0.1, -0.05) is 35.3 Å². The summed E-state index contributed by atoms with van der Waals surface area (Å²) in [5.74, 6) is 0.382. The molecule has 5 nitrogen and oxygen atoms in total. The molecule has 2 aromatic rings. The Balaban J connectivity index is 2.00. The minimum atomic E-state index is -0.272. The molecule has 0 radical (unpaired) electrons. The molecule has 0 aliphatic rings. The smallest absolute Gasteiger partial charge is 0.248 e. The summed E-state index contributed by atoms with van der Waals surface area (Å²) < 4.78 is 6.19. The third-order valence-electron chi connectivity index (χ3n) is 3.78. The molecule has 0 spiro atoms. The predicted octanol–water partition coefficient (Wildman–Crippen LogP) is 5.24. The molecular weight excluding hydrogens is 408 g/mol. The van der Waals surface area contributed by atoms with Gasteiger partial charge in [-0.3, -0.25) is 9.59 Å². The Morgan fingerprint density at radius 1 is 1.11 bits per heavy atom. The monoisotopic (exact) mass is 430 g/mol. The van der Waals surface area contributed by atoms with Gasteiger partial charge in [0.15, 0.2) is 0 Å². The predicted molar refractivity (Wildman–Crippen MR) is 113 cm³/mol. The average Bonchev–Trinajstić information content (AvgIpc) is 2.65. The van der Waals surface area contributed by atoms with Gasteiger partial charge in [0, 0.05) is 33.9 Å². The van der Waals surface area contributed by atoms with E-state index >= 15 is 0 Å². The first-order valence-corrected chi connectivity index (χ1v) is 9.53. The molecule has 0 bridgehead atoms. The van der Waals surface area contributed by atoms with Crippen LogP contribution in [-0.2, 0) is 9.59 Å². The molecule has 142 valence electrons. The van der Waals surface area contributed by atoms with E-state index in [1.165, 1.54) is 6.08 Å². The Kier molecular flexibility index (Phi) is 8.07. The molecule has 2 rings (SSSR count). The number of nitrogens with one attached hydrogen (secondary N) is 2. The molecule has 6 heteroatoms. The van der Waals surface area contributed by atoms with Gasteiger partial charge in [-0.25, -0.2) is 0 Å². The summed E-state index contributed by atoms with van der Waals surface area (Å²) in [7, 11) is 1.58. The highest BCUT2D eigenvalue weighted by atomic mass is 79.9. The van der Waals surface area contributed by atoms with E-state index in [0.29, 0.717) is 23.5 Å². The van der Waals surface area contributed by atoms with Crippen LogP contribution in [-0.4, -0.2) is 18.9 Å². The van der Waals surface area contributed by atoms with Crippen molar-refractivity contribution in [3.05, 3.63) is 58.6 Å². The van der Waals surface area contributed by atoms with Gasteiger partial charge in [0.05, 0.1) is 7.11 Å². The van der Waals surface area contributed by atoms with Crippen molar-refractivity contribution < 1.29 is 14.3 Å². The fourth-order valence-electron chi connectivity index (χ4n) is 2.42. The number of hydrogen-bond donors (Lipinski definition) is 2. The summed E-state index contributed by atoms with van der Waals surface area (Å²) in [5, 5.41) is 5.63. The quantitative estimate of drug-likeness (QED) is 0.562. The second-order valence-electron chi connectivity index (χ2n) is 5.94. The first-order chi connectivity index (χ1) is 13.0. The zero-order chi connectivity index (χ0) is 19.6. The molecule has 2 aromatic carbocycles. The van der Waals surface area contributed by atoms with Crippen molar-refractivity contribution in [1.29, 1.82) is 0 Å². The van der Waals surface area contributed by atoms with Gasteiger partial charge in [0.2, 0.25) is 11.8 Å². The Bertz CT molecular complexity index is 834. The number of unbranched alkanes of at least 4 members (excludes halogenated alkanes) is 1. The number of benzene rings is 2. The molecule has 0 aliphatic heterocycles. The largest absolute Gasteiger partial charge is 0.496 e. The van der Waals surface area contributed by atoms with Crippen molar-refractivity contribution in [2.24, 2.45) is 0 Å². The molecular formula is C21H23BrN2O3. The van der Waals surface area contributed by atoms with Crippen LogP contribution in [0, 0.1) is 0 Å². The summed E-state index contributed by atoms with van der Waals surface area (Å²) in [6.45, 7) is 2.04. The minimum absolute atomic E-state index is 0.0260. The molecule has 2 amide bonds. The fourth-order valence-corrected chi connectivity index (χ4v) is 2.80. The van der Waals surface area contributed by atoms with Gasteiger partial charge in [-0.2, -0.15) is 0 Å². The first kappa shape index (κ1) is 20.7. The zero-order valence-corrected chi connectivity index (χ0v) is 17.0. The molecule has 0 aromatic heterocycles. The third kappa shape index (κ3) is 6.90.